The van der Waals surface area contributed by atoms with Crippen molar-refractivity contribution < 1.29 is 4.74 Å². The highest BCUT2D eigenvalue weighted by Crippen LogP contribution is 2.33. The minimum absolute atomic E-state index is 0.527. The molecule has 1 aromatic rings. The maximum atomic E-state index is 6.09. The normalized spacial score (nSPS) is 14.4. The van der Waals surface area contributed by atoms with Crippen LogP contribution in [-0.2, 0) is 11.2 Å². The third-order valence-corrected chi connectivity index (χ3v) is 3.55. The van der Waals surface area contributed by atoms with Gasteiger partial charge in [-0.3, -0.25) is 4.99 Å². The number of aromatic nitrogens is 1. The monoisotopic (exact) mass is 273 g/mol. The zero-order chi connectivity index (χ0) is 14.5. The molecule has 2 N–H and O–H groups in total. The van der Waals surface area contributed by atoms with Crippen LogP contribution < -0.4 is 5.73 Å². The van der Waals surface area contributed by atoms with Crippen molar-refractivity contribution >= 4 is 23.3 Å². The third kappa shape index (κ3) is 3.07. The molecule has 0 saturated carbocycles. The van der Waals surface area contributed by atoms with E-state index in [0.717, 1.165) is 41.9 Å². The Morgan fingerprint density at radius 3 is 2.95 bits per heavy atom. The Morgan fingerprint density at radius 1 is 1.45 bits per heavy atom. The molecule has 0 amide bonds. The molecular formula is C16H23N3O. The van der Waals surface area contributed by atoms with E-state index in [0.29, 0.717) is 19.0 Å². The van der Waals surface area contributed by atoms with Crippen LogP contribution in [0.2, 0.25) is 0 Å². The number of aryl methyl sites for hydroxylation is 1. The van der Waals surface area contributed by atoms with E-state index in [1.165, 1.54) is 5.56 Å². The van der Waals surface area contributed by atoms with Crippen molar-refractivity contribution in [3.63, 3.8) is 0 Å². The molecular weight excluding hydrogens is 250 g/mol. The van der Waals surface area contributed by atoms with Crippen LogP contribution in [0.15, 0.2) is 11.1 Å². The SMILES string of the molecule is CCOCC(CC)=Nc1c(N)nc2c(c1C)C=CCC2. The molecule has 0 aliphatic heterocycles. The fraction of sp³-hybridized carbons (Fsp3) is 0.500. The summed E-state index contributed by atoms with van der Waals surface area (Å²) >= 11 is 0. The number of ether oxygens (including phenoxy) is 1. The van der Waals surface area contributed by atoms with Crippen molar-refractivity contribution in [2.45, 2.75) is 40.0 Å². The molecule has 1 heterocycles. The van der Waals surface area contributed by atoms with E-state index >= 15 is 0 Å². The first kappa shape index (κ1) is 14.7. The summed E-state index contributed by atoms with van der Waals surface area (Å²) in [6, 6.07) is 0. The minimum Gasteiger partial charge on any atom is -0.382 e. The van der Waals surface area contributed by atoms with Crippen LogP contribution >= 0.6 is 0 Å². The molecule has 0 radical (unpaired) electrons. The van der Waals surface area contributed by atoms with Crippen LogP contribution in [0.5, 0.6) is 0 Å². The van der Waals surface area contributed by atoms with Crippen molar-refractivity contribution in [2.24, 2.45) is 4.99 Å². The largest absolute Gasteiger partial charge is 0.382 e. The Hall–Kier alpha value is -1.68. The predicted octanol–water partition coefficient (Wildman–Crippen LogP) is 3.45. The second-order valence-electron chi connectivity index (χ2n) is 4.94. The molecule has 0 atom stereocenters. The number of fused-ring (bicyclic) bond motifs is 1. The van der Waals surface area contributed by atoms with Gasteiger partial charge in [0, 0.05) is 17.9 Å². The second-order valence-corrected chi connectivity index (χ2v) is 4.94. The third-order valence-electron chi connectivity index (χ3n) is 3.55. The number of allylic oxidation sites excluding steroid dienone is 1. The van der Waals surface area contributed by atoms with Gasteiger partial charge in [0.2, 0.25) is 0 Å². The number of aliphatic imine (C=N–C) groups is 1. The summed E-state index contributed by atoms with van der Waals surface area (Å²) in [6.45, 7) is 7.38. The zero-order valence-corrected chi connectivity index (χ0v) is 12.6. The van der Waals surface area contributed by atoms with Crippen molar-refractivity contribution in [2.75, 3.05) is 18.9 Å². The summed E-state index contributed by atoms with van der Waals surface area (Å²) in [7, 11) is 0. The summed E-state index contributed by atoms with van der Waals surface area (Å²) in [5, 5.41) is 0. The highest BCUT2D eigenvalue weighted by Gasteiger charge is 2.15. The molecule has 0 saturated heterocycles. The Bertz CT molecular complexity index is 547. The Labute approximate surface area is 120 Å². The lowest BCUT2D eigenvalue weighted by Crippen LogP contribution is -2.09. The molecule has 1 aliphatic carbocycles. The fourth-order valence-corrected chi connectivity index (χ4v) is 2.36. The van der Waals surface area contributed by atoms with Gasteiger partial charge in [-0.05, 0) is 38.7 Å². The summed E-state index contributed by atoms with van der Waals surface area (Å²) in [5.74, 6) is 0.527. The van der Waals surface area contributed by atoms with Crippen molar-refractivity contribution in [3.05, 3.63) is 22.9 Å². The average molecular weight is 273 g/mol. The van der Waals surface area contributed by atoms with Crippen molar-refractivity contribution in [1.82, 2.24) is 4.98 Å². The Kier molecular flexibility index (Phi) is 4.90. The molecule has 2 rings (SSSR count). The van der Waals surface area contributed by atoms with Gasteiger partial charge in [-0.15, -0.1) is 0 Å². The van der Waals surface area contributed by atoms with Crippen LogP contribution in [0.4, 0.5) is 11.5 Å². The first-order valence-electron chi connectivity index (χ1n) is 7.27. The Balaban J connectivity index is 2.41. The Morgan fingerprint density at radius 2 is 2.25 bits per heavy atom. The van der Waals surface area contributed by atoms with E-state index in [2.05, 4.69) is 31.0 Å². The number of nitrogen functional groups attached to an aromatic ring is 1. The number of nitrogens with two attached hydrogens (primary N) is 1. The standard InChI is InChI=1S/C16H23N3O/c1-4-12(10-20-5-2)18-15-11(3)13-8-6-7-9-14(13)19-16(15)17/h6,8H,4-5,7,9-10H2,1-3H3,(H2,17,19). The van der Waals surface area contributed by atoms with Crippen LogP contribution in [0, 0.1) is 6.92 Å². The number of hydrogen-bond acceptors (Lipinski definition) is 4. The maximum Gasteiger partial charge on any atom is 0.149 e. The van der Waals surface area contributed by atoms with E-state index in [1.54, 1.807) is 0 Å². The highest BCUT2D eigenvalue weighted by molar-refractivity contribution is 5.90. The van der Waals surface area contributed by atoms with Gasteiger partial charge in [0.1, 0.15) is 11.5 Å². The predicted molar refractivity (Wildman–Crippen MR) is 84.6 cm³/mol. The van der Waals surface area contributed by atoms with Crippen LogP contribution in [0.1, 0.15) is 43.5 Å². The van der Waals surface area contributed by atoms with Crippen LogP contribution in [0.25, 0.3) is 6.08 Å². The molecule has 0 spiro atoms. The van der Waals surface area contributed by atoms with E-state index in [9.17, 15) is 0 Å². The van der Waals surface area contributed by atoms with E-state index in [4.69, 9.17) is 15.5 Å². The quantitative estimate of drug-likeness (QED) is 0.836. The van der Waals surface area contributed by atoms with Crippen LogP contribution in [0.3, 0.4) is 0 Å². The molecule has 0 bridgehead atoms. The number of nitrogens with zero attached hydrogens (tertiary/aromatic N) is 2. The van der Waals surface area contributed by atoms with Gasteiger partial charge >= 0.3 is 0 Å². The maximum absolute atomic E-state index is 6.09. The van der Waals surface area contributed by atoms with E-state index < -0.39 is 0 Å². The number of anilines is 1. The first-order chi connectivity index (χ1) is 9.67. The molecule has 4 heteroatoms. The second kappa shape index (κ2) is 6.66. The van der Waals surface area contributed by atoms with Gasteiger partial charge in [-0.1, -0.05) is 19.1 Å². The highest BCUT2D eigenvalue weighted by atomic mass is 16.5. The molecule has 4 nitrogen and oxygen atoms in total. The number of rotatable bonds is 5. The molecule has 20 heavy (non-hydrogen) atoms. The van der Waals surface area contributed by atoms with Crippen molar-refractivity contribution in [3.8, 4) is 0 Å². The van der Waals surface area contributed by atoms with Gasteiger partial charge < -0.3 is 10.5 Å². The summed E-state index contributed by atoms with van der Waals surface area (Å²) in [6.07, 6.45) is 7.16. The number of pyridine rings is 1. The number of hydrogen-bond donors (Lipinski definition) is 1. The minimum atomic E-state index is 0.527. The molecule has 0 fully saturated rings. The fourth-order valence-electron chi connectivity index (χ4n) is 2.36. The van der Waals surface area contributed by atoms with Gasteiger partial charge in [0.15, 0.2) is 0 Å². The molecule has 0 unspecified atom stereocenters. The van der Waals surface area contributed by atoms with E-state index in [-0.39, 0.29) is 0 Å². The zero-order valence-electron chi connectivity index (χ0n) is 12.6. The van der Waals surface area contributed by atoms with Crippen LogP contribution in [-0.4, -0.2) is 23.9 Å². The lowest BCUT2D eigenvalue weighted by Gasteiger charge is -2.16. The molecule has 0 aromatic carbocycles. The van der Waals surface area contributed by atoms with Gasteiger partial charge in [-0.25, -0.2) is 4.98 Å². The van der Waals surface area contributed by atoms with Crippen molar-refractivity contribution in [1.29, 1.82) is 0 Å². The first-order valence-corrected chi connectivity index (χ1v) is 7.27. The molecule has 1 aliphatic rings. The lowest BCUT2D eigenvalue weighted by molar-refractivity contribution is 0.186. The smallest absolute Gasteiger partial charge is 0.149 e. The molecule has 1 aromatic heterocycles. The van der Waals surface area contributed by atoms with Gasteiger partial charge in [-0.2, -0.15) is 0 Å². The van der Waals surface area contributed by atoms with Gasteiger partial charge in [0.05, 0.1) is 12.3 Å². The summed E-state index contributed by atoms with van der Waals surface area (Å²) in [5.41, 5.74) is 11.3. The average Bonchev–Trinajstić information content (AvgIpc) is 2.46. The van der Waals surface area contributed by atoms with E-state index in [1.807, 2.05) is 6.92 Å². The lowest BCUT2D eigenvalue weighted by atomic mass is 9.97. The summed E-state index contributed by atoms with van der Waals surface area (Å²) < 4.78 is 5.45. The molecule has 108 valence electrons. The van der Waals surface area contributed by atoms with Gasteiger partial charge in [0.25, 0.3) is 0 Å². The summed E-state index contributed by atoms with van der Waals surface area (Å²) in [4.78, 5) is 9.21. The topological polar surface area (TPSA) is 60.5 Å².